The Morgan fingerprint density at radius 3 is 2.93 bits per heavy atom. The number of nitrogens with one attached hydrogen (secondary N) is 1. The number of hydrogen-bond acceptors (Lipinski definition) is 5. The van der Waals surface area contributed by atoms with Crippen molar-refractivity contribution in [1.29, 1.82) is 0 Å². The van der Waals surface area contributed by atoms with E-state index in [4.69, 9.17) is 4.42 Å². The van der Waals surface area contributed by atoms with Crippen molar-refractivity contribution in [2.24, 2.45) is 0 Å². The van der Waals surface area contributed by atoms with Gasteiger partial charge in [-0.3, -0.25) is 19.1 Å². The number of H-pyrrole nitrogens is 1. The number of carbonyl (C=O) groups excluding carboxylic acids is 1. The van der Waals surface area contributed by atoms with Gasteiger partial charge >= 0.3 is 5.69 Å². The molecule has 0 unspecified atom stereocenters. The lowest BCUT2D eigenvalue weighted by Gasteiger charge is -2.33. The topological polar surface area (TPSA) is 101 Å². The fraction of sp³-hybridized carbons (Fsp3) is 0.333. The summed E-state index contributed by atoms with van der Waals surface area (Å²) in [5.74, 6) is 0.459. The summed E-state index contributed by atoms with van der Waals surface area (Å²) in [5, 5.41) is 0. The van der Waals surface area contributed by atoms with E-state index in [1.807, 2.05) is 6.07 Å². The Hall–Kier alpha value is -3.49. The number of aromatic nitrogens is 3. The number of halogens is 1. The lowest BCUT2D eigenvalue weighted by molar-refractivity contribution is -0.136. The average molecular weight is 412 g/mol. The van der Waals surface area contributed by atoms with Gasteiger partial charge in [-0.25, -0.2) is 14.2 Å². The van der Waals surface area contributed by atoms with Crippen LogP contribution >= 0.6 is 0 Å². The Balaban J connectivity index is 1.51. The molecule has 0 aliphatic carbocycles. The van der Waals surface area contributed by atoms with E-state index in [-0.39, 0.29) is 24.3 Å². The lowest BCUT2D eigenvalue weighted by atomic mass is 10.0. The molecule has 1 aliphatic heterocycles. The first-order chi connectivity index (χ1) is 14.5. The number of likely N-dealkylation sites (tertiary alicyclic amines) is 1. The van der Waals surface area contributed by atoms with Crippen LogP contribution < -0.4 is 11.2 Å². The third kappa shape index (κ3) is 4.40. The van der Waals surface area contributed by atoms with E-state index in [2.05, 4.69) is 9.97 Å². The molecule has 156 valence electrons. The van der Waals surface area contributed by atoms with Gasteiger partial charge in [0.15, 0.2) is 0 Å². The predicted octanol–water partition coefficient (Wildman–Crippen LogP) is 2.01. The molecular formula is C21H21FN4O4. The van der Waals surface area contributed by atoms with Crippen LogP contribution in [0.3, 0.4) is 0 Å². The van der Waals surface area contributed by atoms with E-state index in [0.29, 0.717) is 31.0 Å². The second kappa shape index (κ2) is 8.48. The molecule has 0 radical (unpaired) electrons. The first kappa shape index (κ1) is 19.8. The van der Waals surface area contributed by atoms with Crippen LogP contribution in [0.2, 0.25) is 0 Å². The normalized spacial score (nSPS) is 16.6. The van der Waals surface area contributed by atoms with Gasteiger partial charge in [-0.05, 0) is 37.0 Å². The summed E-state index contributed by atoms with van der Waals surface area (Å²) >= 11 is 0. The molecule has 0 spiro atoms. The largest absolute Gasteiger partial charge is 0.443 e. The van der Waals surface area contributed by atoms with Crippen LogP contribution in [0.5, 0.6) is 0 Å². The maximum Gasteiger partial charge on any atom is 0.328 e. The van der Waals surface area contributed by atoms with Gasteiger partial charge < -0.3 is 9.32 Å². The van der Waals surface area contributed by atoms with E-state index in [0.717, 1.165) is 18.4 Å². The number of nitrogens with zero attached hydrogens (tertiary/aromatic N) is 3. The Morgan fingerprint density at radius 2 is 2.13 bits per heavy atom. The van der Waals surface area contributed by atoms with Gasteiger partial charge in [-0.2, -0.15) is 0 Å². The molecule has 1 N–H and O–H groups in total. The minimum Gasteiger partial charge on any atom is -0.443 e. The van der Waals surface area contributed by atoms with Crippen molar-refractivity contribution in [3.8, 4) is 0 Å². The van der Waals surface area contributed by atoms with Gasteiger partial charge in [-0.15, -0.1) is 0 Å². The van der Waals surface area contributed by atoms with Crippen molar-refractivity contribution in [2.45, 2.75) is 38.3 Å². The Kier molecular flexibility index (Phi) is 5.60. The summed E-state index contributed by atoms with van der Waals surface area (Å²) in [7, 11) is 0. The van der Waals surface area contributed by atoms with Gasteiger partial charge in [-0.1, -0.05) is 12.1 Å². The minimum absolute atomic E-state index is 0.178. The molecule has 1 atom stereocenters. The van der Waals surface area contributed by atoms with Gasteiger partial charge in [0.2, 0.25) is 11.8 Å². The van der Waals surface area contributed by atoms with Crippen LogP contribution in [0, 0.1) is 5.82 Å². The summed E-state index contributed by atoms with van der Waals surface area (Å²) in [6, 6.07) is 7.15. The molecule has 1 aromatic carbocycles. The lowest BCUT2D eigenvalue weighted by Crippen LogP contribution is -2.42. The zero-order valence-corrected chi connectivity index (χ0v) is 16.2. The van der Waals surface area contributed by atoms with Gasteiger partial charge in [0.25, 0.3) is 5.56 Å². The van der Waals surface area contributed by atoms with Crippen molar-refractivity contribution < 1.29 is 13.6 Å². The van der Waals surface area contributed by atoms with Crippen molar-refractivity contribution >= 4 is 5.91 Å². The van der Waals surface area contributed by atoms with Crippen LogP contribution in [-0.2, 0) is 17.8 Å². The molecule has 9 heteroatoms. The molecule has 30 heavy (non-hydrogen) atoms. The summed E-state index contributed by atoms with van der Waals surface area (Å²) < 4.78 is 20.5. The van der Waals surface area contributed by atoms with Crippen LogP contribution in [0.15, 0.2) is 56.7 Å². The molecule has 1 fully saturated rings. The number of amides is 1. The predicted molar refractivity (Wildman–Crippen MR) is 105 cm³/mol. The summed E-state index contributed by atoms with van der Waals surface area (Å²) in [6.07, 6.45) is 5.78. The van der Waals surface area contributed by atoms with E-state index in [1.54, 1.807) is 17.2 Å². The van der Waals surface area contributed by atoms with E-state index in [1.165, 1.54) is 29.0 Å². The standard InChI is InChI=1S/C21H21FN4O4/c22-15-5-3-4-14(10-15)11-16-12-23-20(30-16)17-6-1-2-8-26(17)19(28)13-25-9-7-18(27)24-21(25)29/h3-5,7,9-10,12,17H,1-2,6,8,11,13H2,(H,24,27,29)/t17-/m1/s1. The molecule has 3 aromatic rings. The average Bonchev–Trinajstić information content (AvgIpc) is 3.18. The van der Waals surface area contributed by atoms with Crippen LogP contribution in [-0.4, -0.2) is 31.9 Å². The number of benzene rings is 1. The molecule has 3 heterocycles. The summed E-state index contributed by atoms with van der Waals surface area (Å²) in [4.78, 5) is 44.2. The zero-order chi connectivity index (χ0) is 21.1. The number of rotatable bonds is 5. The summed E-state index contributed by atoms with van der Waals surface area (Å²) in [6.45, 7) is 0.353. The van der Waals surface area contributed by atoms with Crippen LogP contribution in [0.25, 0.3) is 0 Å². The minimum atomic E-state index is -0.627. The number of piperidine rings is 1. The highest BCUT2D eigenvalue weighted by molar-refractivity contribution is 5.76. The van der Waals surface area contributed by atoms with Crippen molar-refractivity contribution in [3.63, 3.8) is 0 Å². The molecule has 2 aromatic heterocycles. The molecular weight excluding hydrogens is 391 g/mol. The third-order valence-electron chi connectivity index (χ3n) is 5.15. The highest BCUT2D eigenvalue weighted by Gasteiger charge is 2.31. The van der Waals surface area contributed by atoms with Crippen LogP contribution in [0.1, 0.15) is 42.5 Å². The fourth-order valence-corrected chi connectivity index (χ4v) is 3.70. The van der Waals surface area contributed by atoms with Crippen molar-refractivity contribution in [3.05, 3.63) is 86.6 Å². The molecule has 1 amide bonds. The van der Waals surface area contributed by atoms with E-state index >= 15 is 0 Å². The number of aromatic amines is 1. The zero-order valence-electron chi connectivity index (χ0n) is 16.2. The van der Waals surface area contributed by atoms with Gasteiger partial charge in [0, 0.05) is 25.2 Å². The highest BCUT2D eigenvalue weighted by Crippen LogP contribution is 2.31. The first-order valence-electron chi connectivity index (χ1n) is 9.78. The molecule has 0 saturated carbocycles. The number of hydrogen-bond donors (Lipinski definition) is 1. The fourth-order valence-electron chi connectivity index (χ4n) is 3.70. The third-order valence-corrected chi connectivity index (χ3v) is 5.15. The number of oxazole rings is 1. The number of carbonyl (C=O) groups is 1. The maximum atomic E-state index is 13.4. The first-order valence-corrected chi connectivity index (χ1v) is 9.78. The summed E-state index contributed by atoms with van der Waals surface area (Å²) in [5.41, 5.74) is -0.366. The molecule has 4 rings (SSSR count). The van der Waals surface area contributed by atoms with Crippen molar-refractivity contribution in [2.75, 3.05) is 6.54 Å². The van der Waals surface area contributed by atoms with Crippen LogP contribution in [0.4, 0.5) is 4.39 Å². The monoisotopic (exact) mass is 412 g/mol. The van der Waals surface area contributed by atoms with Crippen molar-refractivity contribution in [1.82, 2.24) is 19.4 Å². The molecule has 1 aliphatic rings. The van der Waals surface area contributed by atoms with E-state index in [9.17, 15) is 18.8 Å². The Bertz CT molecular complexity index is 1170. The Labute approximate surface area is 171 Å². The second-order valence-electron chi connectivity index (χ2n) is 7.31. The SMILES string of the molecule is O=C(Cn1ccc(=O)[nH]c1=O)N1CCCC[C@@H]1c1ncc(Cc2cccc(F)c2)o1. The van der Waals surface area contributed by atoms with Gasteiger partial charge in [0.1, 0.15) is 24.2 Å². The molecule has 1 saturated heterocycles. The highest BCUT2D eigenvalue weighted by atomic mass is 19.1. The molecule has 8 nitrogen and oxygen atoms in total. The molecule has 0 bridgehead atoms. The quantitative estimate of drug-likeness (QED) is 0.691. The maximum absolute atomic E-state index is 13.4. The van der Waals surface area contributed by atoms with E-state index < -0.39 is 11.2 Å². The second-order valence-corrected chi connectivity index (χ2v) is 7.31. The Morgan fingerprint density at radius 1 is 1.27 bits per heavy atom. The van der Waals surface area contributed by atoms with Gasteiger partial charge in [0.05, 0.1) is 6.20 Å². The smallest absolute Gasteiger partial charge is 0.328 e.